The van der Waals surface area contributed by atoms with Gasteiger partial charge in [0.05, 0.1) is 0 Å². The van der Waals surface area contributed by atoms with Crippen molar-refractivity contribution in [2.75, 3.05) is 4.90 Å². The van der Waals surface area contributed by atoms with Gasteiger partial charge >= 0.3 is 0 Å². The normalized spacial score (nSPS) is 12.6. The molecule has 0 bridgehead atoms. The van der Waals surface area contributed by atoms with Crippen molar-refractivity contribution in [1.82, 2.24) is 0 Å². The zero-order valence-corrected chi connectivity index (χ0v) is 27.8. The van der Waals surface area contributed by atoms with E-state index in [-0.39, 0.29) is 6.71 Å². The summed E-state index contributed by atoms with van der Waals surface area (Å²) in [6.07, 6.45) is 0. The molecule has 51 heavy (non-hydrogen) atoms. The Morgan fingerprint density at radius 1 is 0.392 bits per heavy atom. The topological polar surface area (TPSA) is 16.4 Å². The molecule has 2 aliphatic heterocycles. The third-order valence-corrected chi connectivity index (χ3v) is 10.9. The highest BCUT2D eigenvalue weighted by Gasteiger charge is 2.43. The first-order chi connectivity index (χ1) is 25.3. The van der Waals surface area contributed by atoms with Gasteiger partial charge in [0, 0.05) is 33.4 Å². The Morgan fingerprint density at radius 2 is 1.04 bits per heavy atom. The summed E-state index contributed by atoms with van der Waals surface area (Å²) in [7, 11) is 0. The lowest BCUT2D eigenvalue weighted by Crippen LogP contribution is -2.54. The van der Waals surface area contributed by atoms with Crippen LogP contribution in [-0.4, -0.2) is 6.71 Å². The quantitative estimate of drug-likeness (QED) is 0.177. The maximum absolute atomic E-state index is 6.60. The molecule has 8 aromatic carbocycles. The zero-order chi connectivity index (χ0) is 33.5. The fraction of sp³-hybridized carbons (Fsp3) is 0. The molecular weight excluding hydrogens is 617 g/mol. The molecule has 236 valence electrons. The van der Waals surface area contributed by atoms with Crippen molar-refractivity contribution in [3.63, 3.8) is 0 Å². The van der Waals surface area contributed by atoms with E-state index in [0.29, 0.717) is 0 Å². The molecule has 3 heteroatoms. The monoisotopic (exact) mass is 647 g/mol. The fourth-order valence-corrected chi connectivity index (χ4v) is 8.59. The highest BCUT2D eigenvalue weighted by Crippen LogP contribution is 2.45. The van der Waals surface area contributed by atoms with Crippen molar-refractivity contribution in [2.45, 2.75) is 0 Å². The highest BCUT2D eigenvalue weighted by molar-refractivity contribution is 7.01. The number of nitrogens with zero attached hydrogens (tertiary/aromatic N) is 1. The molecule has 9 aromatic rings. The summed E-state index contributed by atoms with van der Waals surface area (Å²) in [5.41, 5.74) is 19.2. The van der Waals surface area contributed by atoms with Gasteiger partial charge in [0.25, 0.3) is 0 Å². The molecular formula is C48H30BNO. The molecule has 2 nitrogen and oxygen atoms in total. The molecule has 0 spiro atoms. The van der Waals surface area contributed by atoms with Crippen LogP contribution in [0.4, 0.5) is 17.1 Å². The van der Waals surface area contributed by atoms with Gasteiger partial charge in [0.1, 0.15) is 11.2 Å². The van der Waals surface area contributed by atoms with Crippen LogP contribution in [-0.2, 0) is 0 Å². The first kappa shape index (κ1) is 28.3. The summed E-state index contributed by atoms with van der Waals surface area (Å²) >= 11 is 0. The largest absolute Gasteiger partial charge is 0.455 e. The van der Waals surface area contributed by atoms with Crippen LogP contribution < -0.4 is 21.3 Å². The van der Waals surface area contributed by atoms with Crippen molar-refractivity contribution in [3.05, 3.63) is 182 Å². The molecule has 1 aromatic heterocycles. The third kappa shape index (κ3) is 4.25. The molecule has 0 radical (unpaired) electrons. The van der Waals surface area contributed by atoms with E-state index >= 15 is 0 Å². The standard InChI is InChI=1S/C48H30BNO/c1-3-12-31(13-4-1)33-22-25-36(26-23-33)50-44-27-24-34(32-14-5-2-6-15-32)29-43(44)49-42-20-9-7-16-38(42)41-28-35(30-45(50)47(41)49)37-18-11-19-40-39-17-8-10-21-46(39)51-48(37)40/h1-30H. The lowest BCUT2D eigenvalue weighted by Gasteiger charge is -2.36. The van der Waals surface area contributed by atoms with Gasteiger partial charge in [-0.15, -0.1) is 0 Å². The maximum Gasteiger partial charge on any atom is 0.248 e. The fourth-order valence-electron chi connectivity index (χ4n) is 8.59. The van der Waals surface area contributed by atoms with E-state index in [1.54, 1.807) is 0 Å². The van der Waals surface area contributed by atoms with Crippen molar-refractivity contribution >= 4 is 62.1 Å². The molecule has 0 atom stereocenters. The lowest BCUT2D eigenvalue weighted by molar-refractivity contribution is 0.670. The SMILES string of the molecule is c1ccc(-c2ccc(N3c4ccc(-c5ccccc5)cc4B4c5ccccc5-c5cc(-c6cccc7c6oc6ccccc67)cc3c54)cc2)cc1. The van der Waals surface area contributed by atoms with E-state index in [1.807, 2.05) is 6.07 Å². The van der Waals surface area contributed by atoms with Gasteiger partial charge in [0.2, 0.25) is 6.71 Å². The number of hydrogen-bond donors (Lipinski definition) is 0. The van der Waals surface area contributed by atoms with Gasteiger partial charge in [-0.2, -0.15) is 0 Å². The van der Waals surface area contributed by atoms with Crippen LogP contribution in [0.25, 0.3) is 66.4 Å². The molecule has 3 heterocycles. The second-order valence-electron chi connectivity index (χ2n) is 13.6. The Bertz CT molecular complexity index is 2800. The van der Waals surface area contributed by atoms with Crippen LogP contribution in [0, 0.1) is 0 Å². The van der Waals surface area contributed by atoms with Gasteiger partial charge in [-0.05, 0) is 86.3 Å². The lowest BCUT2D eigenvalue weighted by atomic mass is 9.37. The number of fused-ring (bicyclic) bond motifs is 8. The van der Waals surface area contributed by atoms with Gasteiger partial charge < -0.3 is 9.32 Å². The van der Waals surface area contributed by atoms with Crippen LogP contribution in [0.2, 0.25) is 0 Å². The van der Waals surface area contributed by atoms with Crippen molar-refractivity contribution < 1.29 is 4.42 Å². The Hall–Kier alpha value is -6.58. The van der Waals surface area contributed by atoms with Gasteiger partial charge in [-0.1, -0.05) is 151 Å². The molecule has 2 aliphatic rings. The number of furan rings is 1. The van der Waals surface area contributed by atoms with Crippen LogP contribution in [0.15, 0.2) is 186 Å². The minimum absolute atomic E-state index is 0.126. The number of para-hydroxylation sites is 2. The van der Waals surface area contributed by atoms with Crippen LogP contribution in [0.3, 0.4) is 0 Å². The Morgan fingerprint density at radius 3 is 1.86 bits per heavy atom. The predicted octanol–water partition coefficient (Wildman–Crippen LogP) is 10.9. The molecule has 0 amide bonds. The number of anilines is 3. The van der Waals surface area contributed by atoms with Crippen molar-refractivity contribution in [3.8, 4) is 44.5 Å². The predicted molar refractivity (Wildman–Crippen MR) is 215 cm³/mol. The molecule has 0 unspecified atom stereocenters. The van der Waals surface area contributed by atoms with E-state index < -0.39 is 0 Å². The van der Waals surface area contributed by atoms with Crippen molar-refractivity contribution in [1.29, 1.82) is 0 Å². The second-order valence-corrected chi connectivity index (χ2v) is 13.6. The summed E-state index contributed by atoms with van der Waals surface area (Å²) in [4.78, 5) is 2.49. The van der Waals surface area contributed by atoms with Gasteiger partial charge in [0.15, 0.2) is 0 Å². The summed E-state index contributed by atoms with van der Waals surface area (Å²) in [6, 6.07) is 66.2. The average Bonchev–Trinajstić information content (AvgIpc) is 3.75. The van der Waals surface area contributed by atoms with E-state index in [0.717, 1.165) is 38.8 Å². The first-order valence-electron chi connectivity index (χ1n) is 17.6. The van der Waals surface area contributed by atoms with E-state index in [1.165, 1.54) is 61.1 Å². The molecule has 0 N–H and O–H groups in total. The van der Waals surface area contributed by atoms with E-state index in [4.69, 9.17) is 4.42 Å². The number of hydrogen-bond acceptors (Lipinski definition) is 2. The van der Waals surface area contributed by atoms with Crippen molar-refractivity contribution in [2.24, 2.45) is 0 Å². The van der Waals surface area contributed by atoms with E-state index in [9.17, 15) is 0 Å². The summed E-state index contributed by atoms with van der Waals surface area (Å²) < 4.78 is 6.60. The number of benzene rings is 8. The molecule has 0 saturated carbocycles. The summed E-state index contributed by atoms with van der Waals surface area (Å²) in [5.74, 6) is 0. The molecule has 0 aliphatic carbocycles. The summed E-state index contributed by atoms with van der Waals surface area (Å²) in [5, 5.41) is 2.29. The third-order valence-electron chi connectivity index (χ3n) is 10.9. The van der Waals surface area contributed by atoms with Gasteiger partial charge in [-0.3, -0.25) is 0 Å². The minimum atomic E-state index is 0.126. The van der Waals surface area contributed by atoms with Crippen LogP contribution >= 0.6 is 0 Å². The van der Waals surface area contributed by atoms with E-state index in [2.05, 4.69) is 181 Å². The minimum Gasteiger partial charge on any atom is -0.455 e. The number of rotatable bonds is 4. The molecule has 0 fully saturated rings. The summed E-state index contributed by atoms with van der Waals surface area (Å²) in [6.45, 7) is 0.126. The Balaban J connectivity index is 1.18. The molecule has 11 rings (SSSR count). The van der Waals surface area contributed by atoms with Crippen LogP contribution in [0.1, 0.15) is 0 Å². The Kier molecular flexibility index (Phi) is 6.08. The Labute approximate surface area is 297 Å². The van der Waals surface area contributed by atoms with Gasteiger partial charge in [-0.25, -0.2) is 0 Å². The second kappa shape index (κ2) is 11.0. The smallest absolute Gasteiger partial charge is 0.248 e. The first-order valence-corrected chi connectivity index (χ1v) is 17.6. The highest BCUT2D eigenvalue weighted by atomic mass is 16.3. The maximum atomic E-state index is 6.60. The zero-order valence-electron chi connectivity index (χ0n) is 27.8. The molecule has 0 saturated heterocycles. The average molecular weight is 648 g/mol. The van der Waals surface area contributed by atoms with Crippen LogP contribution in [0.5, 0.6) is 0 Å².